The van der Waals surface area contributed by atoms with Gasteiger partial charge in [0, 0.05) is 6.04 Å². The standard InChI is InChI=1S/C14H15NO3.3C4H9.Sn.H/c16-10-5-3-4-9(8-10)15-13(17)11-6-1-2-7-12(11)14(15)18;3*1-3-4-2;;/h1-2,6-7,9-10,16H,3-5,8H2;3*1,3-4H2,2H3;;/t9-,10+;;;;;/m1...../s1. The monoisotopic (exact) mass is 537 g/mol. The number of rotatable bonds is 10. The molecule has 0 bridgehead atoms. The molecule has 1 saturated carbocycles. The van der Waals surface area contributed by atoms with Crippen molar-refractivity contribution < 1.29 is 14.7 Å². The molecule has 1 heterocycles. The molecule has 2 atom stereocenters. The van der Waals surface area contributed by atoms with Crippen LogP contribution in [0.15, 0.2) is 24.3 Å². The Bertz CT molecular complexity index is 639. The third kappa shape index (κ3) is 7.88. The van der Waals surface area contributed by atoms with Crippen LogP contribution in [0.25, 0.3) is 0 Å². The van der Waals surface area contributed by atoms with E-state index in [1.165, 1.54) is 43.4 Å². The largest absolute Gasteiger partial charge is 0.393 e. The van der Waals surface area contributed by atoms with Crippen LogP contribution < -0.4 is 0 Å². The Kier molecular flexibility index (Phi) is 12.2. The van der Waals surface area contributed by atoms with E-state index in [4.69, 9.17) is 0 Å². The van der Waals surface area contributed by atoms with Gasteiger partial charge in [-0.3, -0.25) is 14.5 Å². The third-order valence-electron chi connectivity index (χ3n) is 6.71. The Balaban J connectivity index is 0.000000235. The van der Waals surface area contributed by atoms with Crippen LogP contribution in [0.2, 0.25) is 13.3 Å². The van der Waals surface area contributed by atoms with Crippen molar-refractivity contribution in [3.8, 4) is 0 Å². The smallest absolute Gasteiger partial charge is 0.261 e. The minimum atomic E-state index is -0.967. The average molecular weight is 536 g/mol. The predicted molar refractivity (Wildman–Crippen MR) is 131 cm³/mol. The normalized spacial score (nSPS) is 20.6. The van der Waals surface area contributed by atoms with Gasteiger partial charge in [0.25, 0.3) is 11.8 Å². The van der Waals surface area contributed by atoms with Gasteiger partial charge in [0.1, 0.15) is 0 Å². The predicted octanol–water partition coefficient (Wildman–Crippen LogP) is 6.20. The number of fused-ring (bicyclic) bond motifs is 1. The number of carbonyl (C=O) groups is 2. The zero-order valence-electron chi connectivity index (χ0n) is 19.9. The molecular formula is C26H43NO3Sn. The molecule has 0 saturated heterocycles. The molecule has 4 nitrogen and oxygen atoms in total. The van der Waals surface area contributed by atoms with E-state index in [1.54, 1.807) is 37.6 Å². The molecule has 3 rings (SSSR count). The molecule has 0 unspecified atom stereocenters. The molecule has 0 aromatic heterocycles. The van der Waals surface area contributed by atoms with Crippen molar-refractivity contribution in [3.05, 3.63) is 35.4 Å². The number of hydrogen-bond donors (Lipinski definition) is 1. The molecule has 5 heteroatoms. The van der Waals surface area contributed by atoms with Crippen LogP contribution >= 0.6 is 0 Å². The summed E-state index contributed by atoms with van der Waals surface area (Å²) in [5.74, 6) is -0.426. The van der Waals surface area contributed by atoms with E-state index in [-0.39, 0.29) is 17.9 Å². The van der Waals surface area contributed by atoms with E-state index >= 15 is 0 Å². The molecule has 1 aromatic rings. The van der Waals surface area contributed by atoms with Gasteiger partial charge in [-0.05, 0) is 37.8 Å². The van der Waals surface area contributed by atoms with Crippen molar-refractivity contribution in [2.45, 2.75) is 110 Å². The van der Waals surface area contributed by atoms with Gasteiger partial charge in [0.15, 0.2) is 0 Å². The second kappa shape index (κ2) is 14.3. The molecular weight excluding hydrogens is 493 g/mol. The number of unbranched alkanes of at least 4 members (excludes halogenated alkanes) is 3. The van der Waals surface area contributed by atoms with Crippen LogP contribution in [-0.2, 0) is 0 Å². The summed E-state index contributed by atoms with van der Waals surface area (Å²) in [6, 6.07) is 6.76. The van der Waals surface area contributed by atoms with Crippen molar-refractivity contribution in [1.82, 2.24) is 4.90 Å². The zero-order chi connectivity index (χ0) is 22.6. The van der Waals surface area contributed by atoms with Gasteiger partial charge in [-0.25, -0.2) is 0 Å². The van der Waals surface area contributed by atoms with Crippen molar-refractivity contribution >= 4 is 31.6 Å². The van der Waals surface area contributed by atoms with Gasteiger partial charge >= 0.3 is 92.4 Å². The van der Waals surface area contributed by atoms with E-state index in [0.29, 0.717) is 17.5 Å². The summed E-state index contributed by atoms with van der Waals surface area (Å²) >= 11 is -0.967. The van der Waals surface area contributed by atoms with Gasteiger partial charge in [0.05, 0.1) is 17.2 Å². The number of carbonyl (C=O) groups excluding carboxylic acids is 2. The quantitative estimate of drug-likeness (QED) is 0.286. The number of imide groups is 1. The fraction of sp³-hybridized carbons (Fsp3) is 0.692. The third-order valence-corrected chi connectivity index (χ3v) is 17.2. The van der Waals surface area contributed by atoms with E-state index < -0.39 is 25.9 Å². The number of amides is 2. The molecule has 174 valence electrons. The van der Waals surface area contributed by atoms with Crippen molar-refractivity contribution in [3.63, 3.8) is 0 Å². The first-order chi connectivity index (χ1) is 15.0. The van der Waals surface area contributed by atoms with E-state index in [9.17, 15) is 14.7 Å². The molecule has 2 amide bonds. The van der Waals surface area contributed by atoms with E-state index in [2.05, 4.69) is 20.8 Å². The van der Waals surface area contributed by atoms with Gasteiger partial charge < -0.3 is 5.11 Å². The molecule has 1 N–H and O–H groups in total. The summed E-state index contributed by atoms with van der Waals surface area (Å²) in [7, 11) is 0. The zero-order valence-corrected chi connectivity index (χ0v) is 23.2. The molecule has 1 aromatic carbocycles. The number of nitrogens with zero attached hydrogens (tertiary/aromatic N) is 1. The van der Waals surface area contributed by atoms with E-state index in [0.717, 1.165) is 19.3 Å². The van der Waals surface area contributed by atoms with Gasteiger partial charge in [0.2, 0.25) is 0 Å². The minimum Gasteiger partial charge on any atom is -0.393 e. The Hall–Kier alpha value is -0.881. The van der Waals surface area contributed by atoms with Crippen molar-refractivity contribution in [1.29, 1.82) is 0 Å². The molecule has 0 radical (unpaired) electrons. The maximum absolute atomic E-state index is 12.2. The van der Waals surface area contributed by atoms with Crippen molar-refractivity contribution in [2.24, 2.45) is 0 Å². The van der Waals surface area contributed by atoms with Crippen LogP contribution in [0.4, 0.5) is 0 Å². The Morgan fingerprint density at radius 3 is 1.77 bits per heavy atom. The maximum atomic E-state index is 12.2. The first kappa shape index (κ1) is 26.4. The maximum Gasteiger partial charge on any atom is 0.261 e. The summed E-state index contributed by atoms with van der Waals surface area (Å²) in [4.78, 5) is 25.8. The summed E-state index contributed by atoms with van der Waals surface area (Å²) in [5, 5.41) is 9.68. The first-order valence-electron chi connectivity index (χ1n) is 12.7. The van der Waals surface area contributed by atoms with E-state index in [1.807, 2.05) is 0 Å². The second-order valence-electron chi connectivity index (χ2n) is 9.29. The first-order valence-corrected chi connectivity index (χ1v) is 19.7. The summed E-state index contributed by atoms with van der Waals surface area (Å²) < 4.78 is 5.08. The Morgan fingerprint density at radius 1 is 0.871 bits per heavy atom. The minimum absolute atomic E-state index is 0.152. The number of aliphatic hydroxyl groups is 1. The van der Waals surface area contributed by atoms with Crippen LogP contribution in [-0.4, -0.2) is 53.7 Å². The van der Waals surface area contributed by atoms with Crippen LogP contribution in [0.1, 0.15) is 106 Å². The second-order valence-corrected chi connectivity index (χ2v) is 19.2. The Labute approximate surface area is 196 Å². The van der Waals surface area contributed by atoms with Gasteiger partial charge in [-0.1, -0.05) is 12.1 Å². The fourth-order valence-corrected chi connectivity index (χ4v) is 15.7. The topological polar surface area (TPSA) is 57.6 Å². The SMILES string of the molecule is CCC[CH2][SnH]([CH2]CCC)[CH2]CCC.O=C1c2ccccc2C(=O)N1[C@@H]1CCC[C@H](O)C1. The van der Waals surface area contributed by atoms with Crippen LogP contribution in [0.5, 0.6) is 0 Å². The number of benzene rings is 1. The Morgan fingerprint density at radius 2 is 1.35 bits per heavy atom. The summed E-state index contributed by atoms with van der Waals surface area (Å²) in [6.45, 7) is 7.01. The summed E-state index contributed by atoms with van der Waals surface area (Å²) in [5.41, 5.74) is 0.977. The van der Waals surface area contributed by atoms with Crippen molar-refractivity contribution in [2.75, 3.05) is 0 Å². The van der Waals surface area contributed by atoms with Gasteiger partial charge in [-0.2, -0.15) is 0 Å². The number of hydrogen-bond acceptors (Lipinski definition) is 3. The molecule has 1 aliphatic heterocycles. The van der Waals surface area contributed by atoms with Crippen LogP contribution in [0.3, 0.4) is 0 Å². The van der Waals surface area contributed by atoms with Crippen LogP contribution in [0, 0.1) is 0 Å². The fourth-order valence-electron chi connectivity index (χ4n) is 4.82. The molecule has 31 heavy (non-hydrogen) atoms. The average Bonchev–Trinajstić information content (AvgIpc) is 3.04. The molecule has 0 spiro atoms. The van der Waals surface area contributed by atoms with Gasteiger partial charge in [-0.15, -0.1) is 0 Å². The molecule has 2 aliphatic rings. The molecule has 1 aliphatic carbocycles. The molecule has 1 fully saturated rings. The number of aliphatic hydroxyl groups excluding tert-OH is 1. The summed E-state index contributed by atoms with van der Waals surface area (Å²) in [6.07, 6.45) is 11.4.